The summed E-state index contributed by atoms with van der Waals surface area (Å²) in [6, 6.07) is 7.35. The molecule has 2 rings (SSSR count). The molecule has 0 aliphatic carbocycles. The van der Waals surface area contributed by atoms with E-state index in [2.05, 4.69) is 0 Å². The molecule has 1 aromatic carbocycles. The van der Waals surface area contributed by atoms with Gasteiger partial charge in [-0.2, -0.15) is 0 Å². The van der Waals surface area contributed by atoms with Gasteiger partial charge in [0.05, 0.1) is 6.10 Å². The van der Waals surface area contributed by atoms with Crippen molar-refractivity contribution in [3.8, 4) is 0 Å². The van der Waals surface area contributed by atoms with Crippen molar-refractivity contribution in [1.29, 1.82) is 0 Å². The fourth-order valence-corrected chi connectivity index (χ4v) is 2.02. The number of hydrogen-bond donors (Lipinski definition) is 1. The molecule has 0 bridgehead atoms. The second-order valence-corrected chi connectivity index (χ2v) is 4.49. The number of halogens is 1. The van der Waals surface area contributed by atoms with Crippen molar-refractivity contribution in [2.45, 2.75) is 12.5 Å². The lowest BCUT2D eigenvalue weighted by molar-refractivity contribution is -0.125. The number of carbonyl (C=O) groups is 1. The lowest BCUT2D eigenvalue weighted by Crippen LogP contribution is -2.27. The molecule has 1 aliphatic rings. The van der Waals surface area contributed by atoms with Crippen molar-refractivity contribution in [1.82, 2.24) is 4.90 Å². The van der Waals surface area contributed by atoms with E-state index in [-0.39, 0.29) is 12.0 Å². The number of aliphatic hydroxyl groups excluding tert-OH is 1. The zero-order valence-corrected chi connectivity index (χ0v) is 10.1. The Morgan fingerprint density at radius 2 is 2.24 bits per heavy atom. The Morgan fingerprint density at radius 1 is 1.47 bits per heavy atom. The minimum atomic E-state index is -0.382. The molecule has 1 aromatic rings. The van der Waals surface area contributed by atoms with Crippen LogP contribution in [0.3, 0.4) is 0 Å². The van der Waals surface area contributed by atoms with Gasteiger partial charge in [0.2, 0.25) is 5.91 Å². The number of hydrogen-bond acceptors (Lipinski definition) is 2. The van der Waals surface area contributed by atoms with Crippen LogP contribution in [0.5, 0.6) is 0 Å². The third-order valence-electron chi connectivity index (χ3n) is 2.79. The van der Waals surface area contributed by atoms with Gasteiger partial charge >= 0.3 is 0 Å². The van der Waals surface area contributed by atoms with Gasteiger partial charge in [-0.05, 0) is 24.1 Å². The van der Waals surface area contributed by atoms with Crippen molar-refractivity contribution in [2.75, 3.05) is 13.1 Å². The maximum absolute atomic E-state index is 11.8. The Labute approximate surface area is 105 Å². The molecule has 0 saturated carbocycles. The van der Waals surface area contributed by atoms with Gasteiger partial charge < -0.3 is 10.0 Å². The molecular formula is C13H14ClNO2. The summed E-state index contributed by atoms with van der Waals surface area (Å²) in [5.41, 5.74) is 0.822. The van der Waals surface area contributed by atoms with Gasteiger partial charge in [0, 0.05) is 24.2 Å². The Bertz CT molecular complexity index is 445. The van der Waals surface area contributed by atoms with Crippen molar-refractivity contribution >= 4 is 23.6 Å². The molecule has 17 heavy (non-hydrogen) atoms. The van der Waals surface area contributed by atoms with Crippen LogP contribution in [-0.4, -0.2) is 35.1 Å². The molecule has 1 saturated heterocycles. The van der Waals surface area contributed by atoms with Crippen LogP contribution < -0.4 is 0 Å². The number of benzene rings is 1. The summed E-state index contributed by atoms with van der Waals surface area (Å²) in [7, 11) is 0. The van der Waals surface area contributed by atoms with Crippen LogP contribution in [-0.2, 0) is 4.79 Å². The molecule has 1 unspecified atom stereocenters. The van der Waals surface area contributed by atoms with E-state index in [1.807, 2.05) is 18.2 Å². The lowest BCUT2D eigenvalue weighted by Gasteiger charge is -2.12. The molecule has 1 N–H and O–H groups in total. The standard InChI is InChI=1S/C13H14ClNO2/c14-12-4-2-1-3-10(12)5-6-13(17)15-8-7-11(16)9-15/h1-6,11,16H,7-9H2. The first-order chi connectivity index (χ1) is 8.16. The van der Waals surface area contributed by atoms with E-state index < -0.39 is 0 Å². The number of carbonyl (C=O) groups excluding carboxylic acids is 1. The highest BCUT2D eigenvalue weighted by Gasteiger charge is 2.22. The largest absolute Gasteiger partial charge is 0.391 e. The second kappa shape index (κ2) is 5.34. The molecule has 0 spiro atoms. The number of likely N-dealkylation sites (tertiary alicyclic amines) is 1. The molecule has 1 atom stereocenters. The quantitative estimate of drug-likeness (QED) is 0.817. The van der Waals surface area contributed by atoms with Gasteiger partial charge in [-0.15, -0.1) is 0 Å². The second-order valence-electron chi connectivity index (χ2n) is 4.08. The Balaban J connectivity index is 2.01. The summed E-state index contributed by atoms with van der Waals surface area (Å²) in [5.74, 6) is -0.0820. The number of aliphatic hydroxyl groups is 1. The Morgan fingerprint density at radius 3 is 2.88 bits per heavy atom. The molecule has 1 fully saturated rings. The SMILES string of the molecule is O=C(C=Cc1ccccc1Cl)N1CCC(O)C1. The van der Waals surface area contributed by atoms with Gasteiger partial charge in [-0.25, -0.2) is 0 Å². The average Bonchev–Trinajstić information content (AvgIpc) is 2.74. The summed E-state index contributed by atoms with van der Waals surface area (Å²) in [6.45, 7) is 1.04. The molecule has 4 heteroatoms. The molecule has 1 aliphatic heterocycles. The minimum absolute atomic E-state index is 0.0820. The summed E-state index contributed by atoms with van der Waals surface area (Å²) >= 11 is 5.97. The lowest BCUT2D eigenvalue weighted by atomic mass is 10.2. The highest BCUT2D eigenvalue weighted by atomic mass is 35.5. The van der Waals surface area contributed by atoms with E-state index in [0.29, 0.717) is 24.5 Å². The van der Waals surface area contributed by atoms with Crippen LogP contribution in [0.25, 0.3) is 6.08 Å². The fourth-order valence-electron chi connectivity index (χ4n) is 1.82. The summed E-state index contributed by atoms with van der Waals surface area (Å²) in [5, 5.41) is 9.96. The van der Waals surface area contributed by atoms with Crippen LogP contribution in [0, 0.1) is 0 Å². The highest BCUT2D eigenvalue weighted by Crippen LogP contribution is 2.17. The maximum Gasteiger partial charge on any atom is 0.246 e. The van der Waals surface area contributed by atoms with Crippen LogP contribution in [0.1, 0.15) is 12.0 Å². The predicted molar refractivity (Wildman–Crippen MR) is 67.7 cm³/mol. The van der Waals surface area contributed by atoms with Gasteiger partial charge in [0.1, 0.15) is 0 Å². The molecule has 90 valence electrons. The van der Waals surface area contributed by atoms with E-state index in [0.717, 1.165) is 5.56 Å². The molecule has 0 radical (unpaired) electrons. The van der Waals surface area contributed by atoms with Crippen LogP contribution in [0.2, 0.25) is 5.02 Å². The molecule has 1 heterocycles. The van der Waals surface area contributed by atoms with Crippen molar-refractivity contribution in [3.05, 3.63) is 40.9 Å². The smallest absolute Gasteiger partial charge is 0.246 e. The van der Waals surface area contributed by atoms with E-state index in [1.54, 1.807) is 17.0 Å². The number of β-amino-alcohol motifs (C(OH)–C–C–N with tert-alkyl or cyclic N) is 1. The van der Waals surface area contributed by atoms with E-state index in [4.69, 9.17) is 11.6 Å². The third-order valence-corrected chi connectivity index (χ3v) is 3.13. The zero-order chi connectivity index (χ0) is 12.3. The van der Waals surface area contributed by atoms with Crippen LogP contribution in [0.15, 0.2) is 30.3 Å². The minimum Gasteiger partial charge on any atom is -0.391 e. The Kier molecular flexibility index (Phi) is 3.82. The summed E-state index contributed by atoms with van der Waals surface area (Å²) in [4.78, 5) is 13.4. The summed E-state index contributed by atoms with van der Waals surface area (Å²) < 4.78 is 0. The zero-order valence-electron chi connectivity index (χ0n) is 9.34. The topological polar surface area (TPSA) is 40.5 Å². The third kappa shape index (κ3) is 3.08. The average molecular weight is 252 g/mol. The van der Waals surface area contributed by atoms with E-state index in [1.165, 1.54) is 6.08 Å². The van der Waals surface area contributed by atoms with Crippen molar-refractivity contribution in [2.24, 2.45) is 0 Å². The molecule has 1 amide bonds. The van der Waals surface area contributed by atoms with Gasteiger partial charge in [0.15, 0.2) is 0 Å². The van der Waals surface area contributed by atoms with Gasteiger partial charge in [-0.3, -0.25) is 4.79 Å². The molecule has 0 aromatic heterocycles. The number of nitrogens with zero attached hydrogens (tertiary/aromatic N) is 1. The van der Waals surface area contributed by atoms with Crippen LogP contribution >= 0.6 is 11.6 Å². The summed E-state index contributed by atoms with van der Waals surface area (Å²) in [6.07, 6.45) is 3.48. The van der Waals surface area contributed by atoms with Gasteiger partial charge in [0.25, 0.3) is 0 Å². The predicted octanol–water partition coefficient (Wildman–Crippen LogP) is 1.95. The monoisotopic (exact) mass is 251 g/mol. The first kappa shape index (κ1) is 12.1. The first-order valence-electron chi connectivity index (χ1n) is 5.56. The van der Waals surface area contributed by atoms with Crippen molar-refractivity contribution in [3.63, 3.8) is 0 Å². The van der Waals surface area contributed by atoms with Crippen molar-refractivity contribution < 1.29 is 9.90 Å². The highest BCUT2D eigenvalue weighted by molar-refractivity contribution is 6.32. The number of amides is 1. The molecular weight excluding hydrogens is 238 g/mol. The number of rotatable bonds is 2. The molecule has 3 nitrogen and oxygen atoms in total. The normalized spacial score (nSPS) is 20.1. The first-order valence-corrected chi connectivity index (χ1v) is 5.94. The fraction of sp³-hybridized carbons (Fsp3) is 0.308. The van der Waals surface area contributed by atoms with Gasteiger partial charge in [-0.1, -0.05) is 29.8 Å². The Hall–Kier alpha value is -1.32. The maximum atomic E-state index is 11.8. The van der Waals surface area contributed by atoms with E-state index >= 15 is 0 Å². The van der Waals surface area contributed by atoms with E-state index in [9.17, 15) is 9.90 Å². The van der Waals surface area contributed by atoms with Crippen LogP contribution in [0.4, 0.5) is 0 Å².